The van der Waals surface area contributed by atoms with Crippen LogP contribution >= 0.6 is 0 Å². The van der Waals surface area contributed by atoms with Crippen molar-refractivity contribution in [2.24, 2.45) is 0 Å². The van der Waals surface area contributed by atoms with Gasteiger partial charge < -0.3 is 4.74 Å². The summed E-state index contributed by atoms with van der Waals surface area (Å²) in [5.41, 5.74) is 2.33. The minimum Gasteiger partial charge on any atom is -0.462 e. The van der Waals surface area contributed by atoms with Crippen LogP contribution in [-0.4, -0.2) is 24.4 Å². The van der Waals surface area contributed by atoms with Crippen LogP contribution in [0.25, 0.3) is 0 Å². The molecule has 0 spiro atoms. The van der Waals surface area contributed by atoms with Gasteiger partial charge in [-0.3, -0.25) is 9.59 Å². The Labute approximate surface area is 133 Å². The van der Waals surface area contributed by atoms with Crippen molar-refractivity contribution in [2.75, 3.05) is 11.5 Å². The fourth-order valence-electron chi connectivity index (χ4n) is 2.51. The second-order valence-corrected chi connectivity index (χ2v) is 5.26. The Hall–Kier alpha value is -2.95. The van der Waals surface area contributed by atoms with Crippen LogP contribution in [0.15, 0.2) is 42.5 Å². The lowest BCUT2D eigenvalue weighted by molar-refractivity contribution is 0.0526. The van der Waals surface area contributed by atoms with Crippen molar-refractivity contribution in [2.45, 2.75) is 13.8 Å². The van der Waals surface area contributed by atoms with Gasteiger partial charge in [-0.15, -0.1) is 0 Å². The molecule has 5 nitrogen and oxygen atoms in total. The van der Waals surface area contributed by atoms with Gasteiger partial charge in [0.1, 0.15) is 0 Å². The highest BCUT2D eigenvalue weighted by Crippen LogP contribution is 2.29. The van der Waals surface area contributed by atoms with Crippen LogP contribution in [0.1, 0.15) is 43.6 Å². The molecule has 1 heterocycles. The van der Waals surface area contributed by atoms with Gasteiger partial charge in [0.15, 0.2) is 0 Å². The zero-order valence-corrected chi connectivity index (χ0v) is 12.8. The maximum Gasteiger partial charge on any atom is 0.338 e. The van der Waals surface area contributed by atoms with Crippen LogP contribution in [0.3, 0.4) is 0 Å². The van der Waals surface area contributed by atoms with E-state index < -0.39 is 11.9 Å². The first-order chi connectivity index (χ1) is 11.0. The number of esters is 1. The van der Waals surface area contributed by atoms with Gasteiger partial charge >= 0.3 is 5.97 Å². The molecule has 1 aliphatic heterocycles. The topological polar surface area (TPSA) is 63.7 Å². The van der Waals surface area contributed by atoms with Crippen molar-refractivity contribution in [3.63, 3.8) is 0 Å². The third-order valence-electron chi connectivity index (χ3n) is 3.69. The van der Waals surface area contributed by atoms with Crippen LogP contribution in [-0.2, 0) is 4.74 Å². The Morgan fingerprint density at radius 3 is 2.30 bits per heavy atom. The molecule has 0 atom stereocenters. The smallest absolute Gasteiger partial charge is 0.338 e. The molecule has 2 aromatic rings. The number of hydrogen-bond donors (Lipinski definition) is 0. The quantitative estimate of drug-likeness (QED) is 0.646. The number of nitrogens with zero attached hydrogens (tertiary/aromatic N) is 1. The van der Waals surface area contributed by atoms with Crippen molar-refractivity contribution in [1.29, 1.82) is 0 Å². The van der Waals surface area contributed by atoms with E-state index in [0.717, 1.165) is 10.5 Å². The van der Waals surface area contributed by atoms with Gasteiger partial charge in [-0.2, -0.15) is 0 Å². The Morgan fingerprint density at radius 1 is 1.00 bits per heavy atom. The van der Waals surface area contributed by atoms with Gasteiger partial charge in [-0.1, -0.05) is 17.7 Å². The molecule has 1 aliphatic rings. The third-order valence-corrected chi connectivity index (χ3v) is 3.69. The molecule has 0 radical (unpaired) electrons. The predicted molar refractivity (Wildman–Crippen MR) is 84.7 cm³/mol. The second-order valence-electron chi connectivity index (χ2n) is 5.26. The minimum absolute atomic E-state index is 0.223. The number of anilines is 1. The number of fused-ring (bicyclic) bond motifs is 1. The summed E-state index contributed by atoms with van der Waals surface area (Å²) in [5.74, 6) is -1.33. The predicted octanol–water partition coefficient (Wildman–Crippen LogP) is 2.97. The number of carbonyl (C=O) groups excluding carboxylic acids is 3. The molecule has 0 saturated carbocycles. The van der Waals surface area contributed by atoms with Crippen molar-refractivity contribution in [1.82, 2.24) is 0 Å². The summed E-state index contributed by atoms with van der Waals surface area (Å²) in [6.45, 7) is 3.88. The Bertz CT molecular complexity index is 808. The van der Waals surface area contributed by atoms with Gasteiger partial charge in [-0.05, 0) is 44.2 Å². The molecule has 0 aliphatic carbocycles. The Morgan fingerprint density at radius 2 is 1.65 bits per heavy atom. The standard InChI is InChI=1S/C18H15NO4/c1-3-23-18(22)12-6-9-14-15(10-12)17(21)19(16(14)20)13-7-4-11(2)5-8-13/h4-10H,3H2,1-2H3. The van der Waals surface area contributed by atoms with Gasteiger partial charge in [0.25, 0.3) is 11.8 Å². The molecule has 0 saturated heterocycles. The summed E-state index contributed by atoms with van der Waals surface area (Å²) in [4.78, 5) is 38.0. The first kappa shape index (κ1) is 15.0. The molecule has 0 bridgehead atoms. The maximum absolute atomic E-state index is 12.6. The van der Waals surface area contributed by atoms with Gasteiger partial charge in [-0.25, -0.2) is 9.69 Å². The number of aryl methyl sites for hydroxylation is 1. The van der Waals surface area contributed by atoms with Gasteiger partial charge in [0.05, 0.1) is 29.0 Å². The largest absolute Gasteiger partial charge is 0.462 e. The van der Waals surface area contributed by atoms with Crippen LogP contribution < -0.4 is 4.90 Å². The van der Waals surface area contributed by atoms with Crippen molar-refractivity contribution < 1.29 is 19.1 Å². The van der Waals surface area contributed by atoms with E-state index in [1.54, 1.807) is 19.1 Å². The van der Waals surface area contributed by atoms with E-state index in [1.165, 1.54) is 18.2 Å². The molecule has 116 valence electrons. The molecule has 5 heteroatoms. The lowest BCUT2D eigenvalue weighted by atomic mass is 10.1. The lowest BCUT2D eigenvalue weighted by Crippen LogP contribution is -2.29. The normalized spacial score (nSPS) is 13.2. The second kappa shape index (κ2) is 5.68. The molecule has 0 fully saturated rings. The molecular formula is C18H15NO4. The zero-order chi connectivity index (χ0) is 16.6. The number of amides is 2. The maximum atomic E-state index is 12.6. The van der Waals surface area contributed by atoms with Crippen LogP contribution in [0.5, 0.6) is 0 Å². The van der Waals surface area contributed by atoms with E-state index in [1.807, 2.05) is 19.1 Å². The highest BCUT2D eigenvalue weighted by molar-refractivity contribution is 6.34. The Kier molecular flexibility index (Phi) is 3.70. The molecule has 23 heavy (non-hydrogen) atoms. The SMILES string of the molecule is CCOC(=O)c1ccc2c(c1)C(=O)N(c1ccc(C)cc1)C2=O. The van der Waals surface area contributed by atoms with Crippen molar-refractivity contribution >= 4 is 23.5 Å². The molecule has 2 amide bonds. The fraction of sp³-hybridized carbons (Fsp3) is 0.167. The number of imide groups is 1. The minimum atomic E-state index is -0.510. The van der Waals surface area contributed by atoms with Gasteiger partial charge in [0, 0.05) is 0 Å². The number of ether oxygens (including phenoxy) is 1. The average molecular weight is 309 g/mol. The van der Waals surface area contributed by atoms with Crippen LogP contribution in [0.2, 0.25) is 0 Å². The molecule has 3 rings (SSSR count). The molecule has 0 unspecified atom stereocenters. The number of carbonyl (C=O) groups is 3. The van der Waals surface area contributed by atoms with E-state index in [2.05, 4.69) is 0 Å². The molecule has 0 aromatic heterocycles. The van der Waals surface area contributed by atoms with Crippen LogP contribution in [0.4, 0.5) is 5.69 Å². The average Bonchev–Trinajstić information content (AvgIpc) is 2.80. The highest BCUT2D eigenvalue weighted by Gasteiger charge is 2.37. The van der Waals surface area contributed by atoms with E-state index in [-0.39, 0.29) is 23.6 Å². The van der Waals surface area contributed by atoms with E-state index >= 15 is 0 Å². The molecule has 0 N–H and O–H groups in total. The first-order valence-electron chi connectivity index (χ1n) is 7.29. The summed E-state index contributed by atoms with van der Waals surface area (Å²) in [6.07, 6.45) is 0. The first-order valence-corrected chi connectivity index (χ1v) is 7.29. The zero-order valence-electron chi connectivity index (χ0n) is 12.8. The van der Waals surface area contributed by atoms with Crippen LogP contribution in [0, 0.1) is 6.92 Å². The number of benzene rings is 2. The van der Waals surface area contributed by atoms with Crippen molar-refractivity contribution in [3.8, 4) is 0 Å². The van der Waals surface area contributed by atoms with Gasteiger partial charge in [0.2, 0.25) is 0 Å². The molecule has 2 aromatic carbocycles. The van der Waals surface area contributed by atoms with E-state index in [4.69, 9.17) is 4.74 Å². The number of hydrogen-bond acceptors (Lipinski definition) is 4. The summed E-state index contributed by atoms with van der Waals surface area (Å²) in [7, 11) is 0. The lowest BCUT2D eigenvalue weighted by Gasteiger charge is -2.13. The summed E-state index contributed by atoms with van der Waals surface area (Å²) < 4.78 is 4.93. The summed E-state index contributed by atoms with van der Waals surface area (Å²) in [6, 6.07) is 11.5. The monoisotopic (exact) mass is 309 g/mol. The Balaban J connectivity index is 2.00. The van der Waals surface area contributed by atoms with E-state index in [0.29, 0.717) is 11.3 Å². The van der Waals surface area contributed by atoms with E-state index in [9.17, 15) is 14.4 Å². The highest BCUT2D eigenvalue weighted by atomic mass is 16.5. The summed E-state index contributed by atoms with van der Waals surface area (Å²) >= 11 is 0. The third kappa shape index (κ3) is 2.50. The molecular weight excluding hydrogens is 294 g/mol. The summed E-state index contributed by atoms with van der Waals surface area (Å²) in [5, 5.41) is 0. The fourth-order valence-corrected chi connectivity index (χ4v) is 2.51. The number of rotatable bonds is 3. The van der Waals surface area contributed by atoms with Crippen molar-refractivity contribution in [3.05, 3.63) is 64.7 Å².